The first-order chi connectivity index (χ1) is 17.7. The lowest BCUT2D eigenvalue weighted by Gasteiger charge is -2.42. The van der Waals surface area contributed by atoms with Crippen LogP contribution in [-0.4, -0.2) is 12.6 Å². The van der Waals surface area contributed by atoms with Crippen LogP contribution in [0.5, 0.6) is 11.5 Å². The van der Waals surface area contributed by atoms with Gasteiger partial charge in [-0.1, -0.05) is 24.6 Å². The van der Waals surface area contributed by atoms with Crippen LogP contribution in [0.3, 0.4) is 0 Å². The van der Waals surface area contributed by atoms with Crippen molar-refractivity contribution in [3.05, 3.63) is 71.1 Å². The van der Waals surface area contributed by atoms with Crippen LogP contribution in [0.2, 0.25) is 0 Å². The molecule has 2 fully saturated rings. The molecule has 0 aromatic heterocycles. The molecule has 0 heterocycles. The quantitative estimate of drug-likeness (QED) is 0.151. The van der Waals surface area contributed by atoms with E-state index in [0.29, 0.717) is 29.5 Å². The van der Waals surface area contributed by atoms with Gasteiger partial charge in [-0.25, -0.2) is 18.0 Å². The van der Waals surface area contributed by atoms with Crippen LogP contribution in [0.4, 0.5) is 22.0 Å². The van der Waals surface area contributed by atoms with Crippen molar-refractivity contribution in [2.75, 3.05) is 0 Å². The number of hydrogen-bond acceptors (Lipinski definition) is 3. The maximum atomic E-state index is 15.1. The zero-order valence-corrected chi connectivity index (χ0v) is 20.7. The second-order valence-electron chi connectivity index (χ2n) is 10.1. The molecule has 2 saturated carbocycles. The lowest BCUT2D eigenvalue weighted by Crippen LogP contribution is -2.30. The van der Waals surface area contributed by atoms with Gasteiger partial charge in [0.2, 0.25) is 0 Å². The van der Waals surface area contributed by atoms with Crippen molar-refractivity contribution in [3.8, 4) is 11.5 Å². The SMILES string of the molecule is C/C=C/CCC1CCC2CC(c3ccc(C(=O)Oc4cc(F)c(OC(F)F)c(F)c4)cc3F)CCC2C1. The van der Waals surface area contributed by atoms with Crippen LogP contribution in [0, 0.1) is 35.2 Å². The predicted octanol–water partition coefficient (Wildman–Crippen LogP) is 8.58. The second kappa shape index (κ2) is 12.1. The van der Waals surface area contributed by atoms with E-state index in [1.165, 1.54) is 31.7 Å². The molecule has 0 amide bonds. The zero-order chi connectivity index (χ0) is 26.5. The number of halogens is 5. The Morgan fingerprint density at radius 2 is 1.68 bits per heavy atom. The van der Waals surface area contributed by atoms with Crippen molar-refractivity contribution >= 4 is 5.97 Å². The van der Waals surface area contributed by atoms with Crippen LogP contribution < -0.4 is 9.47 Å². The number of rotatable bonds is 8. The molecule has 37 heavy (non-hydrogen) atoms. The van der Waals surface area contributed by atoms with Crippen molar-refractivity contribution in [2.45, 2.75) is 70.8 Å². The smallest absolute Gasteiger partial charge is 0.387 e. The molecule has 0 aliphatic heterocycles. The molecule has 0 radical (unpaired) electrons. The molecule has 4 unspecified atom stereocenters. The molecule has 3 nitrogen and oxygen atoms in total. The monoisotopic (exact) mass is 522 g/mol. The van der Waals surface area contributed by atoms with Crippen molar-refractivity contribution in [1.82, 2.24) is 0 Å². The van der Waals surface area contributed by atoms with Gasteiger partial charge in [0, 0.05) is 12.1 Å². The van der Waals surface area contributed by atoms with E-state index in [1.54, 1.807) is 6.07 Å². The van der Waals surface area contributed by atoms with Gasteiger partial charge in [0.05, 0.1) is 5.56 Å². The van der Waals surface area contributed by atoms with Crippen molar-refractivity contribution < 1.29 is 36.2 Å². The summed E-state index contributed by atoms with van der Waals surface area (Å²) in [6.07, 6.45) is 13.2. The molecule has 4 rings (SSSR count). The lowest BCUT2D eigenvalue weighted by atomic mass is 9.63. The fraction of sp³-hybridized carbons (Fsp3) is 0.483. The molecule has 2 aromatic rings. The Balaban J connectivity index is 1.37. The van der Waals surface area contributed by atoms with E-state index in [2.05, 4.69) is 16.9 Å². The van der Waals surface area contributed by atoms with E-state index in [1.807, 2.05) is 6.92 Å². The first-order valence-electron chi connectivity index (χ1n) is 12.8. The number of hydrogen-bond donors (Lipinski definition) is 0. The van der Waals surface area contributed by atoms with Gasteiger partial charge in [0.25, 0.3) is 0 Å². The fourth-order valence-corrected chi connectivity index (χ4v) is 5.98. The van der Waals surface area contributed by atoms with Gasteiger partial charge in [0.1, 0.15) is 11.6 Å². The van der Waals surface area contributed by atoms with Crippen LogP contribution in [0.15, 0.2) is 42.5 Å². The molecule has 200 valence electrons. The summed E-state index contributed by atoms with van der Waals surface area (Å²) in [5.74, 6) is -4.14. The van der Waals surface area contributed by atoms with Gasteiger partial charge in [-0.05, 0) is 93.2 Å². The summed E-state index contributed by atoms with van der Waals surface area (Å²) in [5, 5.41) is 0. The summed E-state index contributed by atoms with van der Waals surface area (Å²) in [4.78, 5) is 12.5. The summed E-state index contributed by atoms with van der Waals surface area (Å²) < 4.78 is 76.2. The minimum atomic E-state index is -3.42. The Labute approximate surface area is 213 Å². The third kappa shape index (κ3) is 6.70. The van der Waals surface area contributed by atoms with E-state index in [0.717, 1.165) is 37.7 Å². The van der Waals surface area contributed by atoms with Gasteiger partial charge in [-0.3, -0.25) is 0 Å². The number of fused-ring (bicyclic) bond motifs is 1. The van der Waals surface area contributed by atoms with Gasteiger partial charge in [-0.15, -0.1) is 0 Å². The number of allylic oxidation sites excluding steroid dienone is 2. The Hall–Kier alpha value is -2.90. The highest BCUT2D eigenvalue weighted by Crippen LogP contribution is 2.48. The zero-order valence-electron chi connectivity index (χ0n) is 20.7. The van der Waals surface area contributed by atoms with Crippen molar-refractivity contribution in [2.24, 2.45) is 17.8 Å². The molecule has 0 N–H and O–H groups in total. The van der Waals surface area contributed by atoms with Crippen LogP contribution >= 0.6 is 0 Å². The summed E-state index contributed by atoms with van der Waals surface area (Å²) in [7, 11) is 0. The lowest BCUT2D eigenvalue weighted by molar-refractivity contribution is -0.0547. The van der Waals surface area contributed by atoms with Crippen molar-refractivity contribution in [1.29, 1.82) is 0 Å². The Kier molecular flexibility index (Phi) is 8.87. The molecular formula is C29H31F5O3. The third-order valence-corrected chi connectivity index (χ3v) is 7.76. The van der Waals surface area contributed by atoms with Crippen LogP contribution in [0.25, 0.3) is 0 Å². The number of esters is 1. The van der Waals surface area contributed by atoms with Crippen LogP contribution in [-0.2, 0) is 0 Å². The Morgan fingerprint density at radius 3 is 2.35 bits per heavy atom. The minimum absolute atomic E-state index is 0.0801. The number of carbonyl (C=O) groups excluding carboxylic acids is 1. The molecule has 8 heteroatoms. The number of carbonyl (C=O) groups is 1. The number of alkyl halides is 2. The number of benzene rings is 2. The molecule has 0 saturated heterocycles. The summed E-state index contributed by atoms with van der Waals surface area (Å²) in [6.45, 7) is -1.37. The Morgan fingerprint density at radius 1 is 0.973 bits per heavy atom. The van der Waals surface area contributed by atoms with Gasteiger partial charge in [-0.2, -0.15) is 8.78 Å². The van der Waals surface area contributed by atoms with E-state index in [-0.39, 0.29) is 11.5 Å². The third-order valence-electron chi connectivity index (χ3n) is 7.76. The molecule has 2 aliphatic rings. The fourth-order valence-electron chi connectivity index (χ4n) is 5.98. The highest BCUT2D eigenvalue weighted by molar-refractivity contribution is 5.91. The van der Waals surface area contributed by atoms with E-state index in [4.69, 9.17) is 4.74 Å². The summed E-state index contributed by atoms with van der Waals surface area (Å²) in [5.41, 5.74) is 0.445. The maximum Gasteiger partial charge on any atom is 0.387 e. The topological polar surface area (TPSA) is 35.5 Å². The molecule has 4 atom stereocenters. The van der Waals surface area contributed by atoms with Crippen molar-refractivity contribution in [3.63, 3.8) is 0 Å². The minimum Gasteiger partial charge on any atom is -0.429 e. The van der Waals surface area contributed by atoms with Gasteiger partial charge >= 0.3 is 12.6 Å². The standard InChI is InChI=1S/C29H31F5O3/c1-2-3-4-5-17-6-7-19-13-20(9-8-18(19)12-17)23-11-10-21(14-24(23)30)28(35)36-22-15-25(31)27(26(32)16-22)37-29(33)34/h2-3,10-11,14-20,29H,4-9,12-13H2,1H3/b3-2+. The normalized spacial score (nSPS) is 23.8. The molecular weight excluding hydrogens is 491 g/mol. The van der Waals surface area contributed by atoms with E-state index >= 15 is 4.39 Å². The van der Waals surface area contributed by atoms with Gasteiger partial charge in [0.15, 0.2) is 17.4 Å². The molecule has 0 spiro atoms. The van der Waals surface area contributed by atoms with Crippen LogP contribution in [0.1, 0.15) is 80.1 Å². The predicted molar refractivity (Wildman–Crippen MR) is 129 cm³/mol. The average Bonchev–Trinajstić information content (AvgIpc) is 2.86. The molecule has 0 bridgehead atoms. The summed E-state index contributed by atoms with van der Waals surface area (Å²) in [6, 6.07) is 5.20. The van der Waals surface area contributed by atoms with E-state index in [9.17, 15) is 22.4 Å². The molecule has 2 aliphatic carbocycles. The number of ether oxygens (including phenoxy) is 2. The first kappa shape index (κ1) is 27.1. The highest BCUT2D eigenvalue weighted by Gasteiger charge is 2.36. The molecule has 2 aromatic carbocycles. The van der Waals surface area contributed by atoms with E-state index < -0.39 is 41.5 Å². The second-order valence-corrected chi connectivity index (χ2v) is 10.1. The van der Waals surface area contributed by atoms with Gasteiger partial charge < -0.3 is 9.47 Å². The average molecular weight is 523 g/mol. The highest BCUT2D eigenvalue weighted by atomic mass is 19.3. The summed E-state index contributed by atoms with van der Waals surface area (Å²) >= 11 is 0. The largest absolute Gasteiger partial charge is 0.429 e. The maximum absolute atomic E-state index is 15.1. The first-order valence-corrected chi connectivity index (χ1v) is 12.8. The Bertz CT molecular complexity index is 1110.